The second-order valence-electron chi connectivity index (χ2n) is 5.60. The van der Waals surface area contributed by atoms with Crippen LogP contribution >= 0.6 is 11.3 Å². The molecule has 0 amide bonds. The van der Waals surface area contributed by atoms with E-state index >= 15 is 0 Å². The summed E-state index contributed by atoms with van der Waals surface area (Å²) in [4.78, 5) is 0.865. The Morgan fingerprint density at radius 2 is 1.71 bits per heavy atom. The highest BCUT2D eigenvalue weighted by Crippen LogP contribution is 2.24. The van der Waals surface area contributed by atoms with Crippen LogP contribution in [0.3, 0.4) is 0 Å². The molecule has 2 rings (SSSR count). The van der Waals surface area contributed by atoms with Crippen LogP contribution in [0.25, 0.3) is 0 Å². The number of hydrogen-bond acceptors (Lipinski definition) is 5. The Balaban J connectivity index is 2.19. The van der Waals surface area contributed by atoms with Gasteiger partial charge in [-0.2, -0.15) is 0 Å². The number of sulfonamides is 2. The third-order valence-electron chi connectivity index (χ3n) is 3.44. The van der Waals surface area contributed by atoms with E-state index < -0.39 is 20.0 Å². The molecule has 0 saturated heterocycles. The SMILES string of the molecule is Cc1ccc(C)c(S(=O)(=O)NCc2ccc(S(=O)(=O)N(C)C)s2)c1. The largest absolute Gasteiger partial charge is 0.252 e. The van der Waals surface area contributed by atoms with Gasteiger partial charge in [-0.05, 0) is 43.2 Å². The van der Waals surface area contributed by atoms with Crippen molar-refractivity contribution in [3.63, 3.8) is 0 Å². The molecular weight excluding hydrogens is 368 g/mol. The Labute approximate surface area is 147 Å². The normalized spacial score (nSPS) is 12.7. The van der Waals surface area contributed by atoms with Gasteiger partial charge in [0, 0.05) is 25.5 Å². The molecule has 1 aromatic carbocycles. The van der Waals surface area contributed by atoms with Crippen molar-refractivity contribution in [2.24, 2.45) is 0 Å². The van der Waals surface area contributed by atoms with Crippen LogP contribution in [-0.2, 0) is 26.6 Å². The van der Waals surface area contributed by atoms with Gasteiger partial charge in [-0.1, -0.05) is 12.1 Å². The third kappa shape index (κ3) is 4.04. The molecule has 0 radical (unpaired) electrons. The lowest BCUT2D eigenvalue weighted by Gasteiger charge is -2.10. The summed E-state index contributed by atoms with van der Waals surface area (Å²) in [6.45, 7) is 3.61. The smallest absolute Gasteiger partial charge is 0.207 e. The maximum atomic E-state index is 12.5. The van der Waals surface area contributed by atoms with E-state index in [-0.39, 0.29) is 15.6 Å². The van der Waals surface area contributed by atoms with Crippen LogP contribution in [0.5, 0.6) is 0 Å². The van der Waals surface area contributed by atoms with Gasteiger partial charge < -0.3 is 0 Å². The zero-order valence-electron chi connectivity index (χ0n) is 13.9. The Morgan fingerprint density at radius 3 is 2.33 bits per heavy atom. The number of rotatable bonds is 6. The van der Waals surface area contributed by atoms with Gasteiger partial charge >= 0.3 is 0 Å². The Hall–Kier alpha value is -1.26. The minimum absolute atomic E-state index is 0.0450. The third-order valence-corrected chi connectivity index (χ3v) is 8.35. The van der Waals surface area contributed by atoms with Crippen molar-refractivity contribution in [1.29, 1.82) is 0 Å². The van der Waals surface area contributed by atoms with E-state index in [2.05, 4.69) is 4.72 Å². The molecule has 6 nitrogen and oxygen atoms in total. The summed E-state index contributed by atoms with van der Waals surface area (Å²) < 4.78 is 52.9. The van der Waals surface area contributed by atoms with Crippen molar-refractivity contribution in [3.05, 3.63) is 46.3 Å². The quantitative estimate of drug-likeness (QED) is 0.821. The molecule has 1 heterocycles. The second-order valence-corrected chi connectivity index (χ2v) is 10.9. The van der Waals surface area contributed by atoms with E-state index in [1.807, 2.05) is 13.0 Å². The predicted octanol–water partition coefficient (Wildman–Crippen LogP) is 2.09. The minimum atomic E-state index is -3.66. The van der Waals surface area contributed by atoms with Gasteiger partial charge in [-0.15, -0.1) is 11.3 Å². The number of hydrogen-bond donors (Lipinski definition) is 1. The lowest BCUT2D eigenvalue weighted by molar-refractivity contribution is 0.523. The van der Waals surface area contributed by atoms with Crippen molar-refractivity contribution >= 4 is 31.4 Å². The second kappa shape index (κ2) is 6.93. The molecular formula is C15H20N2O4S3. The molecule has 0 unspecified atom stereocenters. The summed E-state index contributed by atoms with van der Waals surface area (Å²) >= 11 is 1.05. The number of benzene rings is 1. The number of nitrogens with one attached hydrogen (secondary N) is 1. The van der Waals surface area contributed by atoms with Crippen molar-refractivity contribution in [3.8, 4) is 0 Å². The van der Waals surface area contributed by atoms with Crippen LogP contribution < -0.4 is 4.72 Å². The van der Waals surface area contributed by atoms with E-state index in [1.165, 1.54) is 20.2 Å². The molecule has 0 aliphatic rings. The van der Waals surface area contributed by atoms with Crippen molar-refractivity contribution < 1.29 is 16.8 Å². The van der Waals surface area contributed by atoms with Crippen LogP contribution in [0.15, 0.2) is 39.4 Å². The highest BCUT2D eigenvalue weighted by Gasteiger charge is 2.21. The van der Waals surface area contributed by atoms with Crippen LogP contribution in [0.2, 0.25) is 0 Å². The number of nitrogens with zero attached hydrogens (tertiary/aromatic N) is 1. The van der Waals surface area contributed by atoms with Crippen LogP contribution in [0, 0.1) is 13.8 Å². The van der Waals surface area contributed by atoms with Crippen LogP contribution in [-0.4, -0.2) is 35.2 Å². The van der Waals surface area contributed by atoms with Crippen LogP contribution in [0.1, 0.15) is 16.0 Å². The van der Waals surface area contributed by atoms with E-state index in [1.54, 1.807) is 25.1 Å². The molecule has 0 saturated carbocycles. The maximum absolute atomic E-state index is 12.5. The standard InChI is InChI=1S/C15H20N2O4S3/c1-11-5-6-12(2)14(9-11)23(18,19)16-10-13-7-8-15(22-13)24(20,21)17(3)4/h5-9,16H,10H2,1-4H3. The lowest BCUT2D eigenvalue weighted by Crippen LogP contribution is -2.23. The fourth-order valence-electron chi connectivity index (χ4n) is 2.01. The molecule has 24 heavy (non-hydrogen) atoms. The summed E-state index contributed by atoms with van der Waals surface area (Å²) in [6, 6.07) is 8.34. The first-order valence-electron chi connectivity index (χ1n) is 7.12. The molecule has 0 fully saturated rings. The molecule has 1 N–H and O–H groups in total. The zero-order chi connectivity index (χ0) is 18.1. The van der Waals surface area contributed by atoms with Gasteiger partial charge in [0.15, 0.2) is 0 Å². The topological polar surface area (TPSA) is 83.5 Å². The Morgan fingerprint density at radius 1 is 1.04 bits per heavy atom. The molecule has 0 aliphatic heterocycles. The fraction of sp³-hybridized carbons (Fsp3) is 0.333. The van der Waals surface area contributed by atoms with E-state index in [0.717, 1.165) is 21.2 Å². The summed E-state index contributed by atoms with van der Waals surface area (Å²) in [5, 5.41) is 0. The average molecular weight is 389 g/mol. The van der Waals surface area contributed by atoms with Crippen molar-refractivity contribution in [2.75, 3.05) is 14.1 Å². The first-order chi connectivity index (χ1) is 11.0. The summed E-state index contributed by atoms with van der Waals surface area (Å²) in [5.74, 6) is 0. The first kappa shape index (κ1) is 19.1. The summed E-state index contributed by atoms with van der Waals surface area (Å²) in [7, 11) is -4.24. The fourth-order valence-corrected chi connectivity index (χ4v) is 5.90. The molecule has 0 atom stereocenters. The van der Waals surface area contributed by atoms with E-state index in [9.17, 15) is 16.8 Å². The summed E-state index contributed by atoms with van der Waals surface area (Å²) in [6.07, 6.45) is 0. The van der Waals surface area contributed by atoms with Crippen molar-refractivity contribution in [2.45, 2.75) is 29.5 Å². The van der Waals surface area contributed by atoms with Gasteiger partial charge in [-0.25, -0.2) is 25.9 Å². The number of thiophene rings is 1. The predicted molar refractivity (Wildman–Crippen MR) is 95.1 cm³/mol. The highest BCUT2D eigenvalue weighted by molar-refractivity contribution is 7.91. The monoisotopic (exact) mass is 388 g/mol. The van der Waals surface area contributed by atoms with Gasteiger partial charge in [0.05, 0.1) is 4.90 Å². The molecule has 0 aliphatic carbocycles. The van der Waals surface area contributed by atoms with Crippen molar-refractivity contribution in [1.82, 2.24) is 9.03 Å². The van der Waals surface area contributed by atoms with Gasteiger partial charge in [0.2, 0.25) is 10.0 Å². The molecule has 0 spiro atoms. The van der Waals surface area contributed by atoms with Gasteiger partial charge in [0.1, 0.15) is 4.21 Å². The average Bonchev–Trinajstić information content (AvgIpc) is 2.97. The van der Waals surface area contributed by atoms with E-state index in [4.69, 9.17) is 0 Å². The van der Waals surface area contributed by atoms with Crippen LogP contribution in [0.4, 0.5) is 0 Å². The molecule has 132 valence electrons. The van der Waals surface area contributed by atoms with E-state index in [0.29, 0.717) is 10.4 Å². The number of aryl methyl sites for hydroxylation is 2. The summed E-state index contributed by atoms with van der Waals surface area (Å²) in [5.41, 5.74) is 1.52. The zero-order valence-corrected chi connectivity index (χ0v) is 16.3. The minimum Gasteiger partial charge on any atom is -0.207 e. The molecule has 0 bridgehead atoms. The molecule has 2 aromatic rings. The first-order valence-corrected chi connectivity index (χ1v) is 10.9. The molecule has 1 aromatic heterocycles. The van der Waals surface area contributed by atoms with Gasteiger partial charge in [-0.3, -0.25) is 0 Å². The Kier molecular flexibility index (Phi) is 5.50. The van der Waals surface area contributed by atoms with Gasteiger partial charge in [0.25, 0.3) is 10.0 Å². The molecule has 9 heteroatoms. The maximum Gasteiger partial charge on any atom is 0.252 e. The lowest BCUT2D eigenvalue weighted by atomic mass is 10.2. The highest BCUT2D eigenvalue weighted by atomic mass is 32.2. The Bertz CT molecular complexity index is 945.